The van der Waals surface area contributed by atoms with Gasteiger partial charge in [0.2, 0.25) is 5.91 Å². The topological polar surface area (TPSA) is 106 Å². The number of nitro benzene ring substituents is 1. The molecule has 1 amide bonds. The van der Waals surface area contributed by atoms with E-state index < -0.39 is 10.5 Å². The van der Waals surface area contributed by atoms with E-state index in [4.69, 9.17) is 4.42 Å². The van der Waals surface area contributed by atoms with Crippen LogP contribution in [0.2, 0.25) is 0 Å². The molecule has 0 aliphatic carbocycles. The number of carbonyl (C=O) groups is 1. The predicted molar refractivity (Wildman–Crippen MR) is 82.8 cm³/mol. The fraction of sp³-hybridized carbons (Fsp3) is 0.312. The maximum Gasteiger partial charge on any atom is 0.269 e. The fourth-order valence-corrected chi connectivity index (χ4v) is 2.11. The van der Waals surface area contributed by atoms with Crippen molar-refractivity contribution in [2.24, 2.45) is 0 Å². The molecule has 1 aromatic carbocycles. The Morgan fingerprint density at radius 2 is 2.13 bits per heavy atom. The summed E-state index contributed by atoms with van der Waals surface area (Å²) in [5.74, 6) is 0.697. The van der Waals surface area contributed by atoms with E-state index in [9.17, 15) is 20.0 Å². The average molecular weight is 318 g/mol. The third kappa shape index (κ3) is 4.40. The first kappa shape index (κ1) is 16.7. The van der Waals surface area contributed by atoms with Crippen LogP contribution in [-0.4, -0.2) is 22.5 Å². The van der Waals surface area contributed by atoms with Gasteiger partial charge in [-0.15, -0.1) is 0 Å². The lowest BCUT2D eigenvalue weighted by Gasteiger charge is -2.21. The number of aryl methyl sites for hydroxylation is 1. The second-order valence-electron chi connectivity index (χ2n) is 5.56. The van der Waals surface area contributed by atoms with Gasteiger partial charge in [-0.2, -0.15) is 0 Å². The number of nitro groups is 1. The Bertz CT molecular complexity index is 721. The van der Waals surface area contributed by atoms with Gasteiger partial charge < -0.3 is 14.8 Å². The van der Waals surface area contributed by atoms with Crippen molar-refractivity contribution < 1.29 is 19.2 Å². The summed E-state index contributed by atoms with van der Waals surface area (Å²) in [6, 6.07) is 9.28. The predicted octanol–water partition coefficient (Wildman–Crippen LogP) is 2.06. The Hall–Kier alpha value is -2.67. The van der Waals surface area contributed by atoms with Crippen LogP contribution < -0.4 is 5.32 Å². The Morgan fingerprint density at radius 3 is 2.74 bits per heavy atom. The van der Waals surface area contributed by atoms with Crippen LogP contribution in [0.15, 0.2) is 40.8 Å². The summed E-state index contributed by atoms with van der Waals surface area (Å²) in [6.45, 7) is 3.28. The van der Waals surface area contributed by atoms with Gasteiger partial charge in [0.15, 0.2) is 0 Å². The van der Waals surface area contributed by atoms with Crippen LogP contribution in [0.3, 0.4) is 0 Å². The lowest BCUT2D eigenvalue weighted by atomic mass is 10.0. The minimum absolute atomic E-state index is 0.00502. The van der Waals surface area contributed by atoms with E-state index in [1.165, 1.54) is 18.2 Å². The molecule has 1 unspecified atom stereocenters. The van der Waals surface area contributed by atoms with Crippen molar-refractivity contribution in [1.29, 1.82) is 0 Å². The number of hydrogen-bond acceptors (Lipinski definition) is 5. The first-order valence-corrected chi connectivity index (χ1v) is 7.07. The molecule has 1 heterocycles. The molecule has 0 saturated carbocycles. The number of benzene rings is 1. The van der Waals surface area contributed by atoms with E-state index in [1.54, 1.807) is 32.0 Å². The lowest BCUT2D eigenvalue weighted by molar-refractivity contribution is -0.384. The number of nitrogens with zero attached hydrogens (tertiary/aromatic N) is 1. The number of aliphatic hydroxyl groups is 1. The largest absolute Gasteiger partial charge is 0.463 e. The summed E-state index contributed by atoms with van der Waals surface area (Å²) in [7, 11) is 0. The molecule has 7 heteroatoms. The van der Waals surface area contributed by atoms with Crippen LogP contribution in [0.5, 0.6) is 0 Å². The van der Waals surface area contributed by atoms with Crippen molar-refractivity contribution in [3.8, 4) is 0 Å². The zero-order valence-corrected chi connectivity index (χ0v) is 12.9. The molecule has 0 fully saturated rings. The summed E-state index contributed by atoms with van der Waals surface area (Å²) in [4.78, 5) is 22.2. The molecule has 0 spiro atoms. The van der Waals surface area contributed by atoms with Crippen molar-refractivity contribution in [2.75, 3.05) is 6.54 Å². The molecule has 2 aromatic rings. The van der Waals surface area contributed by atoms with E-state index in [0.29, 0.717) is 17.1 Å². The maximum absolute atomic E-state index is 12.0. The van der Waals surface area contributed by atoms with Crippen LogP contribution in [0.25, 0.3) is 0 Å². The highest BCUT2D eigenvalue weighted by Crippen LogP contribution is 2.22. The standard InChI is InChI=1S/C16H18N2O5/c1-11-6-7-14(23-11)16(2,20)10-17-15(19)9-12-4-3-5-13(8-12)18(21)22/h3-8,20H,9-10H2,1-2H3,(H,17,19). The van der Waals surface area contributed by atoms with Gasteiger partial charge in [0.05, 0.1) is 17.9 Å². The molecule has 1 atom stereocenters. The third-order valence-electron chi connectivity index (χ3n) is 3.39. The second-order valence-corrected chi connectivity index (χ2v) is 5.56. The van der Waals surface area contributed by atoms with E-state index >= 15 is 0 Å². The highest BCUT2D eigenvalue weighted by atomic mass is 16.6. The number of nitrogens with one attached hydrogen (secondary N) is 1. The van der Waals surface area contributed by atoms with Crippen LogP contribution >= 0.6 is 0 Å². The number of non-ortho nitro benzene ring substituents is 1. The average Bonchev–Trinajstić information content (AvgIpc) is 2.93. The highest BCUT2D eigenvalue weighted by Gasteiger charge is 2.27. The van der Waals surface area contributed by atoms with E-state index in [1.807, 2.05) is 0 Å². The van der Waals surface area contributed by atoms with Crippen molar-refractivity contribution in [3.63, 3.8) is 0 Å². The van der Waals surface area contributed by atoms with E-state index in [2.05, 4.69) is 5.32 Å². The van der Waals surface area contributed by atoms with Crippen molar-refractivity contribution in [2.45, 2.75) is 25.9 Å². The van der Waals surface area contributed by atoms with Gasteiger partial charge >= 0.3 is 0 Å². The zero-order chi connectivity index (χ0) is 17.0. The molecule has 23 heavy (non-hydrogen) atoms. The molecule has 0 aliphatic rings. The van der Waals surface area contributed by atoms with Gasteiger partial charge in [0.1, 0.15) is 17.1 Å². The molecule has 0 aliphatic heterocycles. The molecular weight excluding hydrogens is 300 g/mol. The highest BCUT2D eigenvalue weighted by molar-refractivity contribution is 5.78. The molecule has 0 bridgehead atoms. The summed E-state index contributed by atoms with van der Waals surface area (Å²) in [6.07, 6.45) is -0.00502. The van der Waals surface area contributed by atoms with E-state index in [0.717, 1.165) is 0 Å². The first-order chi connectivity index (χ1) is 10.8. The number of amides is 1. The minimum Gasteiger partial charge on any atom is -0.463 e. The van der Waals surface area contributed by atoms with Gasteiger partial charge in [0, 0.05) is 12.1 Å². The summed E-state index contributed by atoms with van der Waals surface area (Å²) in [5, 5.41) is 23.7. The third-order valence-corrected chi connectivity index (χ3v) is 3.39. The number of furan rings is 1. The van der Waals surface area contributed by atoms with Gasteiger partial charge in [0.25, 0.3) is 5.69 Å². The van der Waals surface area contributed by atoms with E-state index in [-0.39, 0.29) is 24.6 Å². The molecule has 122 valence electrons. The Kier molecular flexibility index (Phi) is 4.80. The summed E-state index contributed by atoms with van der Waals surface area (Å²) >= 11 is 0. The lowest BCUT2D eigenvalue weighted by Crippen LogP contribution is -2.39. The summed E-state index contributed by atoms with van der Waals surface area (Å²) in [5.41, 5.74) is -0.856. The van der Waals surface area contributed by atoms with Gasteiger partial charge in [-0.05, 0) is 31.5 Å². The molecule has 2 N–H and O–H groups in total. The summed E-state index contributed by atoms with van der Waals surface area (Å²) < 4.78 is 5.36. The Morgan fingerprint density at radius 1 is 1.39 bits per heavy atom. The van der Waals surface area contributed by atoms with Crippen molar-refractivity contribution >= 4 is 11.6 Å². The quantitative estimate of drug-likeness (QED) is 0.626. The number of carbonyl (C=O) groups excluding carboxylic acids is 1. The van der Waals surface area contributed by atoms with Gasteiger partial charge in [-0.1, -0.05) is 12.1 Å². The van der Waals surface area contributed by atoms with Crippen molar-refractivity contribution in [3.05, 3.63) is 63.6 Å². The minimum atomic E-state index is -1.33. The Labute approximate surface area is 133 Å². The fourth-order valence-electron chi connectivity index (χ4n) is 2.11. The second kappa shape index (κ2) is 6.62. The molecule has 2 rings (SSSR count). The number of rotatable bonds is 6. The molecular formula is C16H18N2O5. The monoisotopic (exact) mass is 318 g/mol. The molecule has 1 aromatic heterocycles. The van der Waals surface area contributed by atoms with Crippen LogP contribution in [0, 0.1) is 17.0 Å². The molecule has 0 radical (unpaired) electrons. The van der Waals surface area contributed by atoms with Crippen LogP contribution in [-0.2, 0) is 16.8 Å². The van der Waals surface area contributed by atoms with Gasteiger partial charge in [-0.3, -0.25) is 14.9 Å². The first-order valence-electron chi connectivity index (χ1n) is 7.07. The zero-order valence-electron chi connectivity index (χ0n) is 12.9. The molecule has 7 nitrogen and oxygen atoms in total. The normalized spacial score (nSPS) is 13.3. The SMILES string of the molecule is Cc1ccc(C(C)(O)CNC(=O)Cc2cccc([N+](=O)[O-])c2)o1. The van der Waals surface area contributed by atoms with Crippen molar-refractivity contribution in [1.82, 2.24) is 5.32 Å². The van der Waals surface area contributed by atoms with Crippen LogP contribution in [0.4, 0.5) is 5.69 Å². The smallest absolute Gasteiger partial charge is 0.269 e. The molecule has 0 saturated heterocycles. The maximum atomic E-state index is 12.0. The van der Waals surface area contributed by atoms with Crippen LogP contribution in [0.1, 0.15) is 24.0 Å². The number of hydrogen-bond donors (Lipinski definition) is 2. The Balaban J connectivity index is 1.95. The van der Waals surface area contributed by atoms with Gasteiger partial charge in [-0.25, -0.2) is 0 Å².